The Balaban J connectivity index is 2.33. The maximum atomic E-state index is 5.66. The summed E-state index contributed by atoms with van der Waals surface area (Å²) in [4.78, 5) is 4.24. The maximum Gasteiger partial charge on any atom is 0.116 e. The number of nitrogens with zero attached hydrogens (tertiary/aromatic N) is 1. The molecule has 0 unspecified atom stereocenters. The molecule has 0 atom stereocenters. The van der Waals surface area contributed by atoms with Crippen LogP contribution in [0.3, 0.4) is 0 Å². The molecule has 1 heterocycles. The summed E-state index contributed by atoms with van der Waals surface area (Å²) in [5, 5.41) is 3.18. The van der Waals surface area contributed by atoms with Gasteiger partial charge in [-0.2, -0.15) is 0 Å². The van der Waals surface area contributed by atoms with Gasteiger partial charge in [0.2, 0.25) is 0 Å². The number of rotatable bonds is 1. The van der Waals surface area contributed by atoms with Crippen LogP contribution < -0.4 is 5.32 Å². The molecule has 2 nitrogen and oxygen atoms in total. The SMILES string of the molecule is ClC[C]1C=Nc2ccccc2N1. The van der Waals surface area contributed by atoms with Gasteiger partial charge in [0, 0.05) is 6.21 Å². The van der Waals surface area contributed by atoms with Crippen molar-refractivity contribution in [3.05, 3.63) is 30.3 Å². The first-order valence-corrected chi connectivity index (χ1v) is 4.25. The average molecular weight is 180 g/mol. The van der Waals surface area contributed by atoms with Crippen LogP contribution in [0.2, 0.25) is 0 Å². The van der Waals surface area contributed by atoms with Crippen LogP contribution >= 0.6 is 11.6 Å². The molecule has 61 valence electrons. The standard InChI is InChI=1S/C9H8ClN2/c10-5-7-6-11-8-3-1-2-4-9(8)12-7/h1-4,6,12H,5H2. The van der Waals surface area contributed by atoms with Crippen molar-refractivity contribution in [3.63, 3.8) is 0 Å². The highest BCUT2D eigenvalue weighted by Crippen LogP contribution is 2.29. The summed E-state index contributed by atoms with van der Waals surface area (Å²) < 4.78 is 0. The maximum absolute atomic E-state index is 5.66. The zero-order valence-electron chi connectivity index (χ0n) is 6.42. The minimum atomic E-state index is 0.470. The van der Waals surface area contributed by atoms with E-state index in [0.29, 0.717) is 5.88 Å². The van der Waals surface area contributed by atoms with E-state index in [1.807, 2.05) is 24.3 Å². The molecule has 1 aliphatic heterocycles. The van der Waals surface area contributed by atoms with Crippen LogP contribution in [0.1, 0.15) is 0 Å². The second kappa shape index (κ2) is 3.15. The quantitative estimate of drug-likeness (QED) is 0.659. The number of hydrogen-bond donors (Lipinski definition) is 1. The molecule has 0 bridgehead atoms. The van der Waals surface area contributed by atoms with Gasteiger partial charge in [-0.05, 0) is 12.1 Å². The van der Waals surface area contributed by atoms with E-state index < -0.39 is 0 Å². The first-order chi connectivity index (χ1) is 5.90. The second-order valence-electron chi connectivity index (χ2n) is 2.56. The molecule has 0 fully saturated rings. The van der Waals surface area contributed by atoms with Crippen molar-refractivity contribution < 1.29 is 0 Å². The van der Waals surface area contributed by atoms with E-state index in [4.69, 9.17) is 11.6 Å². The second-order valence-corrected chi connectivity index (χ2v) is 2.83. The zero-order valence-corrected chi connectivity index (χ0v) is 7.17. The predicted octanol–water partition coefficient (Wildman–Crippen LogP) is 2.59. The van der Waals surface area contributed by atoms with E-state index in [-0.39, 0.29) is 0 Å². The Labute approximate surface area is 76.3 Å². The number of aliphatic imine (C=N–C) groups is 1. The van der Waals surface area contributed by atoms with Crippen molar-refractivity contribution in [2.75, 3.05) is 11.2 Å². The van der Waals surface area contributed by atoms with E-state index in [0.717, 1.165) is 17.4 Å². The molecule has 0 saturated heterocycles. The first kappa shape index (κ1) is 7.62. The molecule has 1 aliphatic rings. The molecule has 2 rings (SSSR count). The topological polar surface area (TPSA) is 24.4 Å². The van der Waals surface area contributed by atoms with Crippen molar-refractivity contribution >= 4 is 29.2 Å². The van der Waals surface area contributed by atoms with E-state index in [1.54, 1.807) is 6.21 Å². The van der Waals surface area contributed by atoms with Crippen LogP contribution in [-0.2, 0) is 0 Å². The molecule has 3 heteroatoms. The lowest BCUT2D eigenvalue weighted by molar-refractivity contribution is 1.25. The zero-order chi connectivity index (χ0) is 8.39. The Morgan fingerprint density at radius 2 is 2.17 bits per heavy atom. The Hall–Kier alpha value is -1.02. The monoisotopic (exact) mass is 179 g/mol. The molecule has 0 saturated carbocycles. The Kier molecular flexibility index (Phi) is 2.00. The number of para-hydroxylation sites is 2. The average Bonchev–Trinajstić information content (AvgIpc) is 2.17. The highest BCUT2D eigenvalue weighted by molar-refractivity contribution is 6.21. The number of nitrogens with one attached hydrogen (secondary N) is 1. The summed E-state index contributed by atoms with van der Waals surface area (Å²) >= 11 is 5.66. The molecule has 1 aromatic carbocycles. The number of hydrogen-bond acceptors (Lipinski definition) is 2. The summed E-state index contributed by atoms with van der Waals surface area (Å²) in [7, 11) is 0. The fraction of sp³-hybridized carbons (Fsp3) is 0.111. The molecule has 0 aromatic heterocycles. The van der Waals surface area contributed by atoms with Crippen LogP contribution in [0.15, 0.2) is 29.3 Å². The van der Waals surface area contributed by atoms with Gasteiger partial charge in [-0.3, -0.25) is 4.99 Å². The molecule has 1 N–H and O–H groups in total. The molecule has 0 amide bonds. The first-order valence-electron chi connectivity index (χ1n) is 3.72. The summed E-state index contributed by atoms with van der Waals surface area (Å²) in [6.45, 7) is 0. The third-order valence-electron chi connectivity index (χ3n) is 1.70. The van der Waals surface area contributed by atoms with Gasteiger partial charge in [-0.1, -0.05) is 12.1 Å². The molecular weight excluding hydrogens is 172 g/mol. The van der Waals surface area contributed by atoms with Gasteiger partial charge >= 0.3 is 0 Å². The minimum absolute atomic E-state index is 0.470. The summed E-state index contributed by atoms with van der Waals surface area (Å²) in [6, 6.07) is 8.82. The van der Waals surface area contributed by atoms with Gasteiger partial charge in [0.1, 0.15) is 6.04 Å². The Bertz CT molecular complexity index is 309. The minimum Gasteiger partial charge on any atom is -0.369 e. The van der Waals surface area contributed by atoms with Crippen molar-refractivity contribution in [1.82, 2.24) is 0 Å². The molecule has 0 spiro atoms. The highest BCUT2D eigenvalue weighted by atomic mass is 35.5. The van der Waals surface area contributed by atoms with Gasteiger partial charge in [0.15, 0.2) is 0 Å². The number of anilines is 1. The van der Waals surface area contributed by atoms with Crippen LogP contribution in [0.25, 0.3) is 0 Å². The van der Waals surface area contributed by atoms with Gasteiger partial charge in [-0.15, -0.1) is 11.6 Å². The lowest BCUT2D eigenvalue weighted by atomic mass is 10.2. The largest absolute Gasteiger partial charge is 0.369 e. The van der Waals surface area contributed by atoms with Crippen molar-refractivity contribution in [2.24, 2.45) is 4.99 Å². The molecular formula is C9H8ClN2. The van der Waals surface area contributed by atoms with E-state index in [2.05, 4.69) is 10.3 Å². The fourth-order valence-electron chi connectivity index (χ4n) is 1.11. The third-order valence-corrected chi connectivity index (χ3v) is 1.99. The summed E-state index contributed by atoms with van der Waals surface area (Å²) in [6.07, 6.45) is 1.76. The van der Waals surface area contributed by atoms with Crippen LogP contribution in [0.4, 0.5) is 11.4 Å². The normalized spacial score (nSPS) is 15.4. The number of halogens is 1. The molecule has 0 aliphatic carbocycles. The van der Waals surface area contributed by atoms with E-state index in [1.165, 1.54) is 0 Å². The molecule has 1 radical (unpaired) electrons. The predicted molar refractivity (Wildman–Crippen MR) is 52.2 cm³/mol. The number of fused-ring (bicyclic) bond motifs is 1. The highest BCUT2D eigenvalue weighted by Gasteiger charge is 2.11. The smallest absolute Gasteiger partial charge is 0.116 e. The number of alkyl halides is 1. The van der Waals surface area contributed by atoms with Gasteiger partial charge in [0.05, 0.1) is 17.3 Å². The molecule has 1 aromatic rings. The third kappa shape index (κ3) is 1.30. The van der Waals surface area contributed by atoms with E-state index >= 15 is 0 Å². The Morgan fingerprint density at radius 1 is 1.33 bits per heavy atom. The van der Waals surface area contributed by atoms with Gasteiger partial charge in [0.25, 0.3) is 0 Å². The van der Waals surface area contributed by atoms with E-state index in [9.17, 15) is 0 Å². The lowest BCUT2D eigenvalue weighted by Gasteiger charge is -2.17. The summed E-state index contributed by atoms with van der Waals surface area (Å²) in [5.41, 5.74) is 1.99. The molecule has 12 heavy (non-hydrogen) atoms. The van der Waals surface area contributed by atoms with Crippen LogP contribution in [0, 0.1) is 6.04 Å². The van der Waals surface area contributed by atoms with Crippen molar-refractivity contribution in [2.45, 2.75) is 0 Å². The van der Waals surface area contributed by atoms with Crippen molar-refractivity contribution in [1.29, 1.82) is 0 Å². The fourth-order valence-corrected chi connectivity index (χ4v) is 1.25. The summed E-state index contributed by atoms with van der Waals surface area (Å²) in [5.74, 6) is 0.470. The Morgan fingerprint density at radius 3 is 3.00 bits per heavy atom. The van der Waals surface area contributed by atoms with Crippen LogP contribution in [-0.4, -0.2) is 12.1 Å². The van der Waals surface area contributed by atoms with Gasteiger partial charge in [-0.25, -0.2) is 0 Å². The number of benzene rings is 1. The van der Waals surface area contributed by atoms with Crippen molar-refractivity contribution in [3.8, 4) is 0 Å². The van der Waals surface area contributed by atoms with Crippen LogP contribution in [0.5, 0.6) is 0 Å². The van der Waals surface area contributed by atoms with Gasteiger partial charge < -0.3 is 5.32 Å². The lowest BCUT2D eigenvalue weighted by Crippen LogP contribution is -2.15.